The molecule has 1 fully saturated rings. The van der Waals surface area contributed by atoms with Crippen LogP contribution in [0.5, 0.6) is 0 Å². The summed E-state index contributed by atoms with van der Waals surface area (Å²) in [6.45, 7) is 10.6. The van der Waals surface area contributed by atoms with Crippen molar-refractivity contribution in [2.24, 2.45) is 5.73 Å². The van der Waals surface area contributed by atoms with Crippen LogP contribution in [-0.4, -0.2) is 57.1 Å². The number of hydrogen-bond donors (Lipinski definition) is 1. The van der Waals surface area contributed by atoms with Crippen molar-refractivity contribution in [2.75, 3.05) is 19.6 Å². The minimum atomic E-state index is -0.223. The molecular formula is C15H27N5O2. The van der Waals surface area contributed by atoms with Crippen LogP contribution in [0, 0.1) is 0 Å². The normalized spacial score (nSPS) is 19.6. The molecule has 0 spiro atoms. The number of nitrogens with zero attached hydrogens (tertiary/aromatic N) is 4. The lowest BCUT2D eigenvalue weighted by Crippen LogP contribution is -2.46. The fourth-order valence-electron chi connectivity index (χ4n) is 2.93. The van der Waals surface area contributed by atoms with Crippen molar-refractivity contribution in [1.82, 2.24) is 19.9 Å². The fourth-order valence-corrected chi connectivity index (χ4v) is 2.93. The van der Waals surface area contributed by atoms with E-state index in [4.69, 9.17) is 10.3 Å². The van der Waals surface area contributed by atoms with Crippen molar-refractivity contribution in [3.63, 3.8) is 0 Å². The van der Waals surface area contributed by atoms with Crippen molar-refractivity contribution in [3.05, 3.63) is 11.7 Å². The monoisotopic (exact) mass is 309 g/mol. The quantitative estimate of drug-likeness (QED) is 0.836. The third-order valence-electron chi connectivity index (χ3n) is 3.85. The summed E-state index contributed by atoms with van der Waals surface area (Å²) in [6.07, 6.45) is 1.66. The molecule has 0 aliphatic carbocycles. The highest BCUT2D eigenvalue weighted by Crippen LogP contribution is 2.19. The van der Waals surface area contributed by atoms with Gasteiger partial charge in [-0.1, -0.05) is 12.1 Å². The average Bonchev–Trinajstić information content (AvgIpc) is 3.02. The van der Waals surface area contributed by atoms with Gasteiger partial charge in [0.15, 0.2) is 5.82 Å². The number of likely N-dealkylation sites (tertiary alicyclic amines) is 1. The molecule has 1 aliphatic rings. The van der Waals surface area contributed by atoms with E-state index in [-0.39, 0.29) is 17.5 Å². The second-order valence-corrected chi connectivity index (χ2v) is 6.77. The summed E-state index contributed by atoms with van der Waals surface area (Å²) in [5.74, 6) is 1.22. The van der Waals surface area contributed by atoms with E-state index in [2.05, 4.69) is 15.0 Å². The van der Waals surface area contributed by atoms with E-state index in [0.29, 0.717) is 24.7 Å². The topological polar surface area (TPSA) is 88.5 Å². The number of aryl methyl sites for hydroxylation is 1. The van der Waals surface area contributed by atoms with Crippen LogP contribution in [0.4, 0.5) is 0 Å². The Bertz CT molecular complexity index is 508. The molecule has 0 radical (unpaired) electrons. The zero-order chi connectivity index (χ0) is 16.3. The Hall–Kier alpha value is -1.47. The molecule has 1 amide bonds. The highest BCUT2D eigenvalue weighted by Gasteiger charge is 2.31. The van der Waals surface area contributed by atoms with E-state index in [9.17, 15) is 4.79 Å². The van der Waals surface area contributed by atoms with Crippen LogP contribution in [0.1, 0.15) is 45.8 Å². The number of carbonyl (C=O) groups excluding carboxylic acids is 1. The zero-order valence-corrected chi connectivity index (χ0v) is 14.0. The first-order chi connectivity index (χ1) is 10.3. The summed E-state index contributed by atoms with van der Waals surface area (Å²) in [5, 5.41) is 3.95. The Morgan fingerprint density at radius 2 is 2.27 bits per heavy atom. The molecule has 1 aromatic rings. The number of carbonyl (C=O) groups is 1. The molecule has 0 bridgehead atoms. The number of nitrogens with two attached hydrogens (primary N) is 1. The number of aromatic nitrogens is 2. The molecule has 2 N–H and O–H groups in total. The highest BCUT2D eigenvalue weighted by molar-refractivity contribution is 5.73. The Morgan fingerprint density at radius 3 is 2.82 bits per heavy atom. The van der Waals surface area contributed by atoms with Gasteiger partial charge in [-0.15, -0.1) is 0 Å². The SMILES string of the molecule is CCc1nc(CN(C(C)=O)C2CCN(CC(C)(C)N)C2)no1. The first-order valence-corrected chi connectivity index (χ1v) is 7.88. The lowest BCUT2D eigenvalue weighted by molar-refractivity contribution is -0.131. The van der Waals surface area contributed by atoms with Gasteiger partial charge in [-0.2, -0.15) is 4.98 Å². The molecule has 7 heteroatoms. The Kier molecular flexibility index (Phi) is 5.18. The smallest absolute Gasteiger partial charge is 0.226 e. The highest BCUT2D eigenvalue weighted by atomic mass is 16.5. The molecule has 1 aromatic heterocycles. The van der Waals surface area contributed by atoms with Gasteiger partial charge in [0.2, 0.25) is 11.8 Å². The molecule has 1 atom stereocenters. The van der Waals surface area contributed by atoms with Gasteiger partial charge >= 0.3 is 0 Å². The third-order valence-corrected chi connectivity index (χ3v) is 3.85. The maximum absolute atomic E-state index is 12.0. The summed E-state index contributed by atoms with van der Waals surface area (Å²) in [7, 11) is 0. The predicted molar refractivity (Wildman–Crippen MR) is 83.0 cm³/mol. The molecule has 2 rings (SSSR count). The molecule has 2 heterocycles. The molecule has 1 aliphatic heterocycles. The Balaban J connectivity index is 1.98. The van der Waals surface area contributed by atoms with Crippen LogP contribution < -0.4 is 5.73 Å². The van der Waals surface area contributed by atoms with Crippen LogP contribution in [-0.2, 0) is 17.8 Å². The molecule has 22 heavy (non-hydrogen) atoms. The molecule has 7 nitrogen and oxygen atoms in total. The molecule has 0 aromatic carbocycles. The third kappa shape index (κ3) is 4.51. The Morgan fingerprint density at radius 1 is 1.55 bits per heavy atom. The van der Waals surface area contributed by atoms with Crippen LogP contribution >= 0.6 is 0 Å². The van der Waals surface area contributed by atoms with Crippen molar-refractivity contribution in [3.8, 4) is 0 Å². The first kappa shape index (κ1) is 16.9. The summed E-state index contributed by atoms with van der Waals surface area (Å²) in [6, 6.07) is 0.184. The van der Waals surface area contributed by atoms with Gasteiger partial charge in [0.05, 0.1) is 6.54 Å². The minimum absolute atomic E-state index is 0.0432. The molecule has 124 valence electrons. The van der Waals surface area contributed by atoms with Gasteiger partial charge in [0.1, 0.15) is 0 Å². The standard InChI is InChI=1S/C15H27N5O2/c1-5-14-17-13(18-22-14)9-20(11(2)21)12-6-7-19(8-12)10-15(3,4)16/h12H,5-10,16H2,1-4H3. The maximum atomic E-state index is 12.0. The van der Waals surface area contributed by atoms with E-state index < -0.39 is 0 Å². The van der Waals surface area contributed by atoms with E-state index in [1.807, 2.05) is 25.7 Å². The van der Waals surface area contributed by atoms with Gasteiger partial charge in [-0.05, 0) is 20.3 Å². The number of hydrogen-bond acceptors (Lipinski definition) is 6. The van der Waals surface area contributed by atoms with Crippen molar-refractivity contribution in [1.29, 1.82) is 0 Å². The number of rotatable bonds is 6. The first-order valence-electron chi connectivity index (χ1n) is 7.88. The molecule has 0 saturated carbocycles. The lowest BCUT2D eigenvalue weighted by atomic mass is 10.1. The van der Waals surface area contributed by atoms with Crippen molar-refractivity contribution in [2.45, 2.75) is 58.7 Å². The summed E-state index contributed by atoms with van der Waals surface area (Å²) in [5.41, 5.74) is 5.86. The second kappa shape index (κ2) is 6.75. The second-order valence-electron chi connectivity index (χ2n) is 6.77. The van der Waals surface area contributed by atoms with E-state index in [1.54, 1.807) is 6.92 Å². The summed E-state index contributed by atoms with van der Waals surface area (Å²) in [4.78, 5) is 20.5. The van der Waals surface area contributed by atoms with Gasteiger partial charge < -0.3 is 15.2 Å². The number of amides is 1. The van der Waals surface area contributed by atoms with Crippen LogP contribution in [0.2, 0.25) is 0 Å². The molecule has 1 unspecified atom stereocenters. The largest absolute Gasteiger partial charge is 0.339 e. The lowest BCUT2D eigenvalue weighted by Gasteiger charge is -2.29. The van der Waals surface area contributed by atoms with Crippen LogP contribution in [0.3, 0.4) is 0 Å². The predicted octanol–water partition coefficient (Wildman–Crippen LogP) is 0.792. The van der Waals surface area contributed by atoms with Gasteiger partial charge in [-0.25, -0.2) is 0 Å². The van der Waals surface area contributed by atoms with Gasteiger partial charge in [0, 0.05) is 44.6 Å². The Labute approximate surface area is 131 Å². The molecular weight excluding hydrogens is 282 g/mol. The fraction of sp³-hybridized carbons (Fsp3) is 0.800. The maximum Gasteiger partial charge on any atom is 0.226 e. The van der Waals surface area contributed by atoms with Crippen LogP contribution in [0.25, 0.3) is 0 Å². The van der Waals surface area contributed by atoms with E-state index in [0.717, 1.165) is 26.1 Å². The van der Waals surface area contributed by atoms with E-state index >= 15 is 0 Å². The van der Waals surface area contributed by atoms with Gasteiger partial charge in [0.25, 0.3) is 0 Å². The van der Waals surface area contributed by atoms with E-state index in [1.165, 1.54) is 0 Å². The zero-order valence-electron chi connectivity index (χ0n) is 14.0. The van der Waals surface area contributed by atoms with Crippen LogP contribution in [0.15, 0.2) is 4.52 Å². The molecule has 1 saturated heterocycles. The average molecular weight is 309 g/mol. The summed E-state index contributed by atoms with van der Waals surface area (Å²) < 4.78 is 5.12. The minimum Gasteiger partial charge on any atom is -0.339 e. The van der Waals surface area contributed by atoms with Crippen molar-refractivity contribution >= 4 is 5.91 Å². The summed E-state index contributed by atoms with van der Waals surface area (Å²) >= 11 is 0. The van der Waals surface area contributed by atoms with Crippen molar-refractivity contribution < 1.29 is 9.32 Å². The van der Waals surface area contributed by atoms with Gasteiger partial charge in [-0.3, -0.25) is 9.69 Å².